The summed E-state index contributed by atoms with van der Waals surface area (Å²) in [6, 6.07) is 2.01. The lowest BCUT2D eigenvalue weighted by atomic mass is 10.2. The minimum atomic E-state index is -0.829. The molecule has 0 aromatic carbocycles. The number of thiophene rings is 1. The summed E-state index contributed by atoms with van der Waals surface area (Å²) in [6.45, 7) is 2.41. The molecule has 6 heteroatoms. The number of carbonyl (C=O) groups is 2. The van der Waals surface area contributed by atoms with Crippen LogP contribution in [0.1, 0.15) is 17.4 Å². The van der Waals surface area contributed by atoms with Crippen molar-refractivity contribution in [3.63, 3.8) is 0 Å². The van der Waals surface area contributed by atoms with E-state index < -0.39 is 11.8 Å². The van der Waals surface area contributed by atoms with Crippen LogP contribution in [0, 0.1) is 0 Å². The molecule has 4 N–H and O–H groups in total. The lowest BCUT2D eigenvalue weighted by Crippen LogP contribution is -2.42. The van der Waals surface area contributed by atoms with Crippen molar-refractivity contribution in [3.05, 3.63) is 21.9 Å². The molecule has 1 heterocycles. The highest BCUT2D eigenvalue weighted by Crippen LogP contribution is 2.16. The SMILES string of the molecule is CCc1ccsc1CNC(=O)C(=O)NN. The first kappa shape index (κ1) is 11.7. The van der Waals surface area contributed by atoms with Crippen LogP contribution in [0.4, 0.5) is 0 Å². The Bertz CT molecular complexity index is 362. The maximum absolute atomic E-state index is 11.1. The molecule has 0 saturated carbocycles. The molecule has 5 nitrogen and oxygen atoms in total. The van der Waals surface area contributed by atoms with Crippen molar-refractivity contribution in [1.29, 1.82) is 0 Å². The fourth-order valence-electron chi connectivity index (χ4n) is 1.14. The normalized spacial score (nSPS) is 9.73. The van der Waals surface area contributed by atoms with Gasteiger partial charge in [-0.05, 0) is 23.4 Å². The number of hydrogen-bond acceptors (Lipinski definition) is 4. The third-order valence-corrected chi connectivity index (χ3v) is 2.93. The molecule has 0 spiro atoms. The van der Waals surface area contributed by atoms with Gasteiger partial charge in [0.2, 0.25) is 0 Å². The van der Waals surface area contributed by atoms with E-state index in [2.05, 4.69) is 5.32 Å². The molecular weight excluding hydrogens is 214 g/mol. The van der Waals surface area contributed by atoms with Crippen molar-refractivity contribution >= 4 is 23.2 Å². The smallest absolute Gasteiger partial charge is 0.323 e. The van der Waals surface area contributed by atoms with Gasteiger partial charge in [0.05, 0.1) is 6.54 Å². The number of amides is 2. The molecule has 0 radical (unpaired) electrons. The maximum atomic E-state index is 11.1. The Morgan fingerprint density at radius 2 is 2.20 bits per heavy atom. The second kappa shape index (κ2) is 5.47. The molecule has 0 bridgehead atoms. The van der Waals surface area contributed by atoms with Gasteiger partial charge >= 0.3 is 11.8 Å². The summed E-state index contributed by atoms with van der Waals surface area (Å²) in [7, 11) is 0. The summed E-state index contributed by atoms with van der Waals surface area (Å²) in [4.78, 5) is 22.9. The summed E-state index contributed by atoms with van der Waals surface area (Å²) < 4.78 is 0. The van der Waals surface area contributed by atoms with Crippen LogP contribution >= 0.6 is 11.3 Å². The number of nitrogens with one attached hydrogen (secondary N) is 2. The predicted octanol–water partition coefficient (Wildman–Crippen LogP) is -0.0834. The van der Waals surface area contributed by atoms with Crippen LogP contribution in [-0.4, -0.2) is 11.8 Å². The molecule has 1 aromatic rings. The number of nitrogens with two attached hydrogens (primary N) is 1. The van der Waals surface area contributed by atoms with Crippen molar-refractivity contribution in [1.82, 2.24) is 10.7 Å². The van der Waals surface area contributed by atoms with Gasteiger partial charge in [0.1, 0.15) is 0 Å². The summed E-state index contributed by atoms with van der Waals surface area (Å²) in [5, 5.41) is 4.45. The lowest BCUT2D eigenvalue weighted by molar-refractivity contribution is -0.139. The Morgan fingerprint density at radius 3 is 2.80 bits per heavy atom. The van der Waals surface area contributed by atoms with Crippen LogP contribution in [-0.2, 0) is 22.6 Å². The van der Waals surface area contributed by atoms with E-state index in [0.717, 1.165) is 11.3 Å². The predicted molar refractivity (Wildman–Crippen MR) is 57.9 cm³/mol. The Labute approximate surface area is 91.6 Å². The minimum absolute atomic E-state index is 0.368. The number of hydrazine groups is 1. The molecule has 0 unspecified atom stereocenters. The molecule has 1 rings (SSSR count). The van der Waals surface area contributed by atoms with Crippen LogP contribution in [0.15, 0.2) is 11.4 Å². The fourth-order valence-corrected chi connectivity index (χ4v) is 2.06. The maximum Gasteiger partial charge on any atom is 0.323 e. The highest BCUT2D eigenvalue weighted by Gasteiger charge is 2.11. The summed E-state index contributed by atoms with van der Waals surface area (Å²) in [5.41, 5.74) is 2.96. The van der Waals surface area contributed by atoms with Crippen molar-refractivity contribution in [3.8, 4) is 0 Å². The second-order valence-electron chi connectivity index (χ2n) is 2.88. The molecule has 82 valence electrons. The van der Waals surface area contributed by atoms with Gasteiger partial charge in [-0.3, -0.25) is 15.0 Å². The van der Waals surface area contributed by atoms with E-state index in [-0.39, 0.29) is 0 Å². The van der Waals surface area contributed by atoms with Gasteiger partial charge in [-0.25, -0.2) is 5.84 Å². The largest absolute Gasteiger partial charge is 0.343 e. The van der Waals surface area contributed by atoms with Gasteiger partial charge < -0.3 is 5.32 Å². The Kier molecular flexibility index (Phi) is 4.26. The molecule has 0 aliphatic carbocycles. The number of aryl methyl sites for hydroxylation is 1. The molecule has 0 aliphatic heterocycles. The second-order valence-corrected chi connectivity index (χ2v) is 3.88. The van der Waals surface area contributed by atoms with E-state index in [1.807, 2.05) is 18.4 Å². The summed E-state index contributed by atoms with van der Waals surface area (Å²) >= 11 is 1.56. The van der Waals surface area contributed by atoms with Gasteiger partial charge in [0.15, 0.2) is 0 Å². The van der Waals surface area contributed by atoms with Gasteiger partial charge in [0, 0.05) is 4.88 Å². The molecule has 0 aliphatic rings. The molecule has 0 fully saturated rings. The molecule has 2 amide bonds. The zero-order chi connectivity index (χ0) is 11.3. The first-order valence-electron chi connectivity index (χ1n) is 4.53. The zero-order valence-electron chi connectivity index (χ0n) is 8.37. The Hall–Kier alpha value is -1.40. The van der Waals surface area contributed by atoms with Crippen molar-refractivity contribution < 1.29 is 9.59 Å². The Balaban J connectivity index is 2.50. The fraction of sp³-hybridized carbons (Fsp3) is 0.333. The summed E-state index contributed by atoms with van der Waals surface area (Å²) in [5.74, 6) is 3.28. The van der Waals surface area contributed by atoms with Crippen LogP contribution in [0.5, 0.6) is 0 Å². The molecular formula is C9H13N3O2S. The van der Waals surface area contributed by atoms with Gasteiger partial charge in [-0.15, -0.1) is 11.3 Å². The van der Waals surface area contributed by atoms with E-state index in [1.54, 1.807) is 16.8 Å². The zero-order valence-corrected chi connectivity index (χ0v) is 9.19. The number of hydrogen-bond donors (Lipinski definition) is 3. The topological polar surface area (TPSA) is 84.2 Å². The highest BCUT2D eigenvalue weighted by molar-refractivity contribution is 7.10. The first-order chi connectivity index (χ1) is 7.19. The van der Waals surface area contributed by atoms with E-state index in [1.165, 1.54) is 5.56 Å². The number of rotatable bonds is 3. The van der Waals surface area contributed by atoms with Crippen molar-refractivity contribution in [2.45, 2.75) is 19.9 Å². The first-order valence-corrected chi connectivity index (χ1v) is 5.41. The monoisotopic (exact) mass is 227 g/mol. The third kappa shape index (κ3) is 3.03. The standard InChI is InChI=1S/C9H13N3O2S/c1-2-6-3-4-15-7(6)5-11-8(13)9(14)12-10/h3-4H,2,5,10H2,1H3,(H,11,13)(H,12,14). The Morgan fingerprint density at radius 1 is 1.47 bits per heavy atom. The van der Waals surface area contributed by atoms with E-state index in [4.69, 9.17) is 5.84 Å². The van der Waals surface area contributed by atoms with Crippen LogP contribution < -0.4 is 16.6 Å². The molecule has 0 saturated heterocycles. The van der Waals surface area contributed by atoms with Crippen molar-refractivity contribution in [2.75, 3.05) is 0 Å². The molecule has 1 aromatic heterocycles. The van der Waals surface area contributed by atoms with E-state index in [0.29, 0.717) is 6.54 Å². The molecule has 0 atom stereocenters. The highest BCUT2D eigenvalue weighted by atomic mass is 32.1. The van der Waals surface area contributed by atoms with Gasteiger partial charge in [-0.2, -0.15) is 0 Å². The van der Waals surface area contributed by atoms with E-state index in [9.17, 15) is 9.59 Å². The summed E-state index contributed by atoms with van der Waals surface area (Å²) in [6.07, 6.45) is 0.914. The third-order valence-electron chi connectivity index (χ3n) is 1.97. The van der Waals surface area contributed by atoms with Crippen LogP contribution in [0.2, 0.25) is 0 Å². The van der Waals surface area contributed by atoms with Crippen LogP contribution in [0.3, 0.4) is 0 Å². The quantitative estimate of drug-likeness (QED) is 0.292. The van der Waals surface area contributed by atoms with Gasteiger partial charge in [0.25, 0.3) is 0 Å². The van der Waals surface area contributed by atoms with Crippen molar-refractivity contribution in [2.24, 2.45) is 5.84 Å². The van der Waals surface area contributed by atoms with E-state index >= 15 is 0 Å². The average molecular weight is 227 g/mol. The minimum Gasteiger partial charge on any atom is -0.343 e. The average Bonchev–Trinajstić information content (AvgIpc) is 2.71. The lowest BCUT2D eigenvalue weighted by Gasteiger charge is -2.03. The number of carbonyl (C=O) groups excluding carboxylic acids is 2. The van der Waals surface area contributed by atoms with Gasteiger partial charge in [-0.1, -0.05) is 6.92 Å². The molecule has 15 heavy (non-hydrogen) atoms. The van der Waals surface area contributed by atoms with Crippen LogP contribution in [0.25, 0.3) is 0 Å².